The number of ether oxygens (including phenoxy) is 1. The van der Waals surface area contributed by atoms with Crippen molar-refractivity contribution in [3.63, 3.8) is 0 Å². The van der Waals surface area contributed by atoms with E-state index >= 15 is 0 Å². The van der Waals surface area contributed by atoms with Gasteiger partial charge < -0.3 is 20.7 Å². The standard InChI is InChI=1S/C24H24F3N5O2/c1-15-2-3-17(12-29-15)21-10-18(13-30-22(21)32-9-8-16(11-28)14-32)23(33)31-19-4-6-20(7-5-19)34-24(25,26)27/h2-7,10,12-13,16H,8-9,11,14,28H2,1H3,(H,31,33)/t16-/m1/s1. The zero-order valence-corrected chi connectivity index (χ0v) is 18.5. The Balaban J connectivity index is 1.59. The number of aromatic nitrogens is 2. The number of nitrogens with two attached hydrogens (primary N) is 1. The number of halogens is 3. The highest BCUT2D eigenvalue weighted by Crippen LogP contribution is 2.33. The van der Waals surface area contributed by atoms with Gasteiger partial charge in [-0.25, -0.2) is 4.98 Å². The van der Waals surface area contributed by atoms with Crippen molar-refractivity contribution in [2.75, 3.05) is 29.9 Å². The molecule has 3 aromatic rings. The van der Waals surface area contributed by atoms with Gasteiger partial charge in [0.1, 0.15) is 11.6 Å². The normalized spacial score (nSPS) is 15.9. The predicted octanol–water partition coefficient (Wildman–Crippen LogP) is 4.39. The third-order valence-corrected chi connectivity index (χ3v) is 5.62. The van der Waals surface area contributed by atoms with E-state index in [4.69, 9.17) is 5.73 Å². The lowest BCUT2D eigenvalue weighted by atomic mass is 10.0. The summed E-state index contributed by atoms with van der Waals surface area (Å²) in [5.74, 6) is 0.336. The molecule has 1 fully saturated rings. The van der Waals surface area contributed by atoms with E-state index in [1.807, 2.05) is 19.1 Å². The van der Waals surface area contributed by atoms with E-state index < -0.39 is 12.3 Å². The van der Waals surface area contributed by atoms with Crippen molar-refractivity contribution in [3.8, 4) is 16.9 Å². The number of carbonyl (C=O) groups excluding carboxylic acids is 1. The molecule has 34 heavy (non-hydrogen) atoms. The number of alkyl halides is 3. The Morgan fingerprint density at radius 3 is 2.56 bits per heavy atom. The number of hydrogen-bond donors (Lipinski definition) is 2. The quantitative estimate of drug-likeness (QED) is 0.554. The fraction of sp³-hybridized carbons (Fsp3) is 0.292. The van der Waals surface area contributed by atoms with Crippen molar-refractivity contribution in [1.82, 2.24) is 9.97 Å². The maximum absolute atomic E-state index is 12.9. The van der Waals surface area contributed by atoms with Crippen LogP contribution in [0.3, 0.4) is 0 Å². The van der Waals surface area contributed by atoms with Gasteiger partial charge in [-0.05, 0) is 62.2 Å². The Labute approximate surface area is 194 Å². The Bertz CT molecular complexity index is 1150. The fourth-order valence-electron chi connectivity index (χ4n) is 3.83. The lowest BCUT2D eigenvalue weighted by molar-refractivity contribution is -0.274. The number of carbonyl (C=O) groups is 1. The van der Waals surface area contributed by atoms with Crippen molar-refractivity contribution in [2.45, 2.75) is 19.7 Å². The van der Waals surface area contributed by atoms with Gasteiger partial charge in [-0.15, -0.1) is 13.2 Å². The molecule has 0 spiro atoms. The van der Waals surface area contributed by atoms with Crippen molar-refractivity contribution in [2.24, 2.45) is 11.7 Å². The van der Waals surface area contributed by atoms with Crippen LogP contribution in [-0.4, -0.2) is 41.9 Å². The van der Waals surface area contributed by atoms with Crippen LogP contribution in [0.15, 0.2) is 54.9 Å². The Kier molecular flexibility index (Phi) is 6.69. The summed E-state index contributed by atoms with van der Waals surface area (Å²) in [6.07, 6.45) is -0.570. The molecule has 10 heteroatoms. The number of benzene rings is 1. The molecule has 178 valence electrons. The van der Waals surface area contributed by atoms with Gasteiger partial charge >= 0.3 is 6.36 Å². The molecule has 1 aliphatic rings. The van der Waals surface area contributed by atoms with Crippen molar-refractivity contribution >= 4 is 17.4 Å². The summed E-state index contributed by atoms with van der Waals surface area (Å²) in [5.41, 5.74) is 8.95. The minimum atomic E-state index is -4.78. The Morgan fingerprint density at radius 1 is 1.18 bits per heavy atom. The number of aryl methyl sites for hydroxylation is 1. The van der Waals surface area contributed by atoms with Crippen LogP contribution in [0.4, 0.5) is 24.7 Å². The third-order valence-electron chi connectivity index (χ3n) is 5.62. The summed E-state index contributed by atoms with van der Waals surface area (Å²) in [6, 6.07) is 10.5. The van der Waals surface area contributed by atoms with E-state index in [-0.39, 0.29) is 5.75 Å². The summed E-state index contributed by atoms with van der Waals surface area (Å²) in [7, 11) is 0. The molecule has 4 rings (SSSR count). The molecule has 0 radical (unpaired) electrons. The number of rotatable bonds is 6. The van der Waals surface area contributed by atoms with Crippen LogP contribution in [0, 0.1) is 12.8 Å². The Morgan fingerprint density at radius 2 is 1.94 bits per heavy atom. The summed E-state index contributed by atoms with van der Waals surface area (Å²) >= 11 is 0. The molecule has 1 atom stereocenters. The highest BCUT2D eigenvalue weighted by atomic mass is 19.4. The SMILES string of the molecule is Cc1ccc(-c2cc(C(=O)Nc3ccc(OC(F)(F)F)cc3)cnc2N2CC[C@H](CN)C2)cn1. The van der Waals surface area contributed by atoms with Crippen LogP contribution in [0.25, 0.3) is 11.1 Å². The van der Waals surface area contributed by atoms with Gasteiger partial charge in [0.15, 0.2) is 0 Å². The second kappa shape index (κ2) is 9.68. The van der Waals surface area contributed by atoms with Gasteiger partial charge in [-0.3, -0.25) is 9.78 Å². The average molecular weight is 471 g/mol. The summed E-state index contributed by atoms with van der Waals surface area (Å²) < 4.78 is 40.9. The molecule has 3 heterocycles. The minimum Gasteiger partial charge on any atom is -0.406 e. The molecular formula is C24H24F3N5O2. The van der Waals surface area contributed by atoms with Gasteiger partial charge in [0.05, 0.1) is 5.56 Å². The molecule has 0 saturated carbocycles. The third kappa shape index (κ3) is 5.63. The summed E-state index contributed by atoms with van der Waals surface area (Å²) in [4.78, 5) is 24.0. The molecular weight excluding hydrogens is 447 g/mol. The van der Waals surface area contributed by atoms with E-state index in [1.54, 1.807) is 12.3 Å². The first-order chi connectivity index (χ1) is 16.2. The zero-order valence-electron chi connectivity index (χ0n) is 18.5. The van der Waals surface area contributed by atoms with Crippen LogP contribution < -0.4 is 20.7 Å². The van der Waals surface area contributed by atoms with Crippen LogP contribution >= 0.6 is 0 Å². The Hall–Kier alpha value is -3.66. The maximum atomic E-state index is 12.9. The highest BCUT2D eigenvalue weighted by Gasteiger charge is 2.31. The highest BCUT2D eigenvalue weighted by molar-refractivity contribution is 6.05. The monoisotopic (exact) mass is 471 g/mol. The second-order valence-electron chi connectivity index (χ2n) is 8.15. The molecule has 1 aliphatic heterocycles. The van der Waals surface area contributed by atoms with Gasteiger partial charge in [0.25, 0.3) is 5.91 Å². The lowest BCUT2D eigenvalue weighted by Crippen LogP contribution is -2.24. The van der Waals surface area contributed by atoms with Gasteiger partial charge in [-0.1, -0.05) is 6.07 Å². The molecule has 7 nitrogen and oxygen atoms in total. The molecule has 0 bridgehead atoms. The molecule has 0 aliphatic carbocycles. The average Bonchev–Trinajstić information content (AvgIpc) is 3.29. The van der Waals surface area contributed by atoms with Crippen molar-refractivity contribution in [3.05, 3.63) is 66.1 Å². The first-order valence-electron chi connectivity index (χ1n) is 10.8. The number of nitrogens with one attached hydrogen (secondary N) is 1. The summed E-state index contributed by atoms with van der Waals surface area (Å²) in [6.45, 7) is 4.10. The predicted molar refractivity (Wildman–Crippen MR) is 123 cm³/mol. The minimum absolute atomic E-state index is 0.310. The smallest absolute Gasteiger partial charge is 0.406 e. The van der Waals surface area contributed by atoms with E-state index in [9.17, 15) is 18.0 Å². The lowest BCUT2D eigenvalue weighted by Gasteiger charge is -2.21. The topological polar surface area (TPSA) is 93.4 Å². The molecule has 3 N–H and O–H groups in total. The first kappa shape index (κ1) is 23.5. The van der Waals surface area contributed by atoms with Gasteiger partial charge in [0, 0.05) is 48.0 Å². The van der Waals surface area contributed by atoms with Gasteiger partial charge in [0.2, 0.25) is 0 Å². The zero-order chi connectivity index (χ0) is 24.3. The maximum Gasteiger partial charge on any atom is 0.573 e. The molecule has 1 amide bonds. The molecule has 2 aromatic heterocycles. The van der Waals surface area contributed by atoms with Crippen LogP contribution in [0.2, 0.25) is 0 Å². The van der Waals surface area contributed by atoms with E-state index in [2.05, 4.69) is 24.9 Å². The van der Waals surface area contributed by atoms with E-state index in [0.29, 0.717) is 23.7 Å². The largest absolute Gasteiger partial charge is 0.573 e. The van der Waals surface area contributed by atoms with E-state index in [0.717, 1.165) is 54.3 Å². The van der Waals surface area contributed by atoms with Crippen LogP contribution in [0.5, 0.6) is 5.75 Å². The molecule has 0 unspecified atom stereocenters. The van der Waals surface area contributed by atoms with Crippen LogP contribution in [0.1, 0.15) is 22.5 Å². The van der Waals surface area contributed by atoms with Crippen molar-refractivity contribution in [1.29, 1.82) is 0 Å². The molecule has 1 saturated heterocycles. The number of pyridine rings is 2. The number of hydrogen-bond acceptors (Lipinski definition) is 6. The van der Waals surface area contributed by atoms with Crippen LogP contribution in [-0.2, 0) is 0 Å². The number of amides is 1. The van der Waals surface area contributed by atoms with E-state index in [1.165, 1.54) is 18.3 Å². The van der Waals surface area contributed by atoms with Crippen molar-refractivity contribution < 1.29 is 22.7 Å². The first-order valence-corrected chi connectivity index (χ1v) is 10.8. The summed E-state index contributed by atoms with van der Waals surface area (Å²) in [5, 5.41) is 2.68. The number of anilines is 2. The second-order valence-corrected chi connectivity index (χ2v) is 8.15. The fourth-order valence-corrected chi connectivity index (χ4v) is 3.83. The number of nitrogens with zero attached hydrogens (tertiary/aromatic N) is 3. The van der Waals surface area contributed by atoms with Gasteiger partial charge in [-0.2, -0.15) is 0 Å². The molecule has 1 aromatic carbocycles.